The Balaban J connectivity index is 1.42. The number of benzene rings is 2. The largest absolute Gasteiger partial charge is 0.457 e. The van der Waals surface area contributed by atoms with Crippen LogP contribution in [0.1, 0.15) is 23.1 Å². The van der Waals surface area contributed by atoms with Gasteiger partial charge in [0.05, 0.1) is 5.56 Å². The lowest BCUT2D eigenvalue weighted by Crippen LogP contribution is -2.40. The molecule has 2 aromatic carbocycles. The maximum absolute atomic E-state index is 12.7. The highest BCUT2D eigenvalue weighted by Gasteiger charge is 2.31. The molecule has 2 aromatic rings. The van der Waals surface area contributed by atoms with Crippen molar-refractivity contribution in [2.45, 2.75) is 25.6 Å². The van der Waals surface area contributed by atoms with Crippen LogP contribution in [0.5, 0.6) is 11.5 Å². The summed E-state index contributed by atoms with van der Waals surface area (Å²) >= 11 is 0. The number of nitrogens with zero attached hydrogens (tertiary/aromatic N) is 1. The second kappa shape index (κ2) is 7.82. The van der Waals surface area contributed by atoms with Crippen molar-refractivity contribution < 1.29 is 26.9 Å². The first kappa shape index (κ1) is 19.9. The van der Waals surface area contributed by atoms with Gasteiger partial charge in [-0.3, -0.25) is 9.00 Å². The number of amides is 1. The van der Waals surface area contributed by atoms with E-state index in [0.29, 0.717) is 42.5 Å². The summed E-state index contributed by atoms with van der Waals surface area (Å²) in [6.07, 6.45) is -3.20. The van der Waals surface area contributed by atoms with Crippen LogP contribution in [0.15, 0.2) is 42.5 Å². The van der Waals surface area contributed by atoms with Crippen molar-refractivity contribution in [3.63, 3.8) is 0 Å². The van der Waals surface area contributed by atoms with E-state index in [9.17, 15) is 22.2 Å². The lowest BCUT2D eigenvalue weighted by atomic mass is 9.98. The maximum atomic E-state index is 12.7. The van der Waals surface area contributed by atoms with E-state index in [1.54, 1.807) is 6.07 Å². The summed E-state index contributed by atoms with van der Waals surface area (Å²) in [6, 6.07) is 10.1. The summed E-state index contributed by atoms with van der Waals surface area (Å²) in [5, 5.41) is 0. The summed E-state index contributed by atoms with van der Waals surface area (Å²) in [7, 11) is -0.759. The molecule has 2 aliphatic rings. The molecule has 8 heteroatoms. The Morgan fingerprint density at radius 1 is 1.07 bits per heavy atom. The third kappa shape index (κ3) is 4.63. The Morgan fingerprint density at radius 3 is 2.41 bits per heavy atom. The summed E-state index contributed by atoms with van der Waals surface area (Å²) in [5.74, 6) is 2.36. The average Bonchev–Trinajstić information content (AvgIpc) is 2.66. The third-order valence-corrected chi connectivity index (χ3v) is 6.95. The quantitative estimate of drug-likeness (QED) is 0.742. The zero-order valence-corrected chi connectivity index (χ0v) is 16.4. The van der Waals surface area contributed by atoms with Gasteiger partial charge in [0.15, 0.2) is 0 Å². The van der Waals surface area contributed by atoms with Crippen molar-refractivity contribution in [3.05, 3.63) is 59.2 Å². The molecule has 0 spiro atoms. The SMILES string of the molecule is O=C(CC1CS(=O)C1)N1CCc2ccc(Oc3ccc(C(F)(F)F)cc3)cc2C1. The van der Waals surface area contributed by atoms with Crippen molar-refractivity contribution in [1.29, 1.82) is 0 Å². The zero-order chi connectivity index (χ0) is 20.6. The van der Waals surface area contributed by atoms with Crippen molar-refractivity contribution in [1.82, 2.24) is 4.90 Å². The van der Waals surface area contributed by atoms with Crippen molar-refractivity contribution in [3.8, 4) is 11.5 Å². The fourth-order valence-electron chi connectivity index (χ4n) is 3.63. The molecule has 0 aromatic heterocycles. The topological polar surface area (TPSA) is 46.6 Å². The van der Waals surface area contributed by atoms with E-state index in [1.807, 2.05) is 17.0 Å². The predicted octanol–water partition coefficient (Wildman–Crippen LogP) is 4.15. The Bertz CT molecular complexity index is 935. The van der Waals surface area contributed by atoms with Crippen LogP contribution in [-0.4, -0.2) is 33.1 Å². The van der Waals surface area contributed by atoms with E-state index in [4.69, 9.17) is 4.74 Å². The molecule has 0 unspecified atom stereocenters. The molecule has 0 aliphatic carbocycles. The highest BCUT2D eigenvalue weighted by molar-refractivity contribution is 7.86. The highest BCUT2D eigenvalue weighted by Crippen LogP contribution is 2.32. The molecule has 29 heavy (non-hydrogen) atoms. The Hall–Kier alpha value is -2.35. The minimum Gasteiger partial charge on any atom is -0.457 e. The minimum absolute atomic E-state index is 0.0754. The molecule has 154 valence electrons. The summed E-state index contributed by atoms with van der Waals surface area (Å²) in [6.45, 7) is 1.13. The van der Waals surface area contributed by atoms with E-state index >= 15 is 0 Å². The first-order valence-corrected chi connectivity index (χ1v) is 10.9. The number of fused-ring (bicyclic) bond motifs is 1. The van der Waals surface area contributed by atoms with Gasteiger partial charge < -0.3 is 9.64 Å². The number of halogens is 3. The monoisotopic (exact) mass is 423 g/mol. The smallest absolute Gasteiger partial charge is 0.416 e. The molecule has 2 aliphatic heterocycles. The average molecular weight is 423 g/mol. The highest BCUT2D eigenvalue weighted by atomic mass is 32.2. The maximum Gasteiger partial charge on any atom is 0.416 e. The fraction of sp³-hybridized carbons (Fsp3) is 0.381. The van der Waals surface area contributed by atoms with E-state index in [-0.39, 0.29) is 11.8 Å². The number of hydrogen-bond acceptors (Lipinski definition) is 3. The molecular weight excluding hydrogens is 403 g/mol. The van der Waals surface area contributed by atoms with E-state index in [2.05, 4.69) is 0 Å². The molecule has 1 fully saturated rings. The van der Waals surface area contributed by atoms with Gasteiger partial charge in [-0.2, -0.15) is 13.2 Å². The molecule has 0 saturated carbocycles. The van der Waals surface area contributed by atoms with Gasteiger partial charge in [0.25, 0.3) is 0 Å². The third-order valence-electron chi connectivity index (χ3n) is 5.27. The lowest BCUT2D eigenvalue weighted by Gasteiger charge is -2.32. The van der Waals surface area contributed by atoms with E-state index < -0.39 is 22.5 Å². The first-order chi connectivity index (χ1) is 13.8. The van der Waals surface area contributed by atoms with Gasteiger partial charge in [0.2, 0.25) is 5.91 Å². The van der Waals surface area contributed by atoms with E-state index in [0.717, 1.165) is 29.7 Å². The zero-order valence-electron chi connectivity index (χ0n) is 15.6. The molecule has 4 nitrogen and oxygen atoms in total. The van der Waals surface area contributed by atoms with Gasteiger partial charge in [-0.15, -0.1) is 0 Å². The van der Waals surface area contributed by atoms with Gasteiger partial charge in [-0.05, 0) is 59.9 Å². The Morgan fingerprint density at radius 2 is 1.76 bits per heavy atom. The van der Waals surface area contributed by atoms with Crippen LogP contribution in [0.4, 0.5) is 13.2 Å². The summed E-state index contributed by atoms with van der Waals surface area (Å²) < 4.78 is 54.9. The van der Waals surface area contributed by atoms with Gasteiger partial charge in [0.1, 0.15) is 11.5 Å². The standard InChI is InChI=1S/C21H20F3NO3S/c22-21(23,24)17-2-5-18(6-3-17)28-19-4-1-15-7-8-25(11-16(15)10-19)20(26)9-14-12-29(27)13-14/h1-6,10,14H,7-9,11-13H2. The molecule has 1 amide bonds. The number of carbonyl (C=O) groups is 1. The van der Waals surface area contributed by atoms with Crippen molar-refractivity contribution >= 4 is 16.7 Å². The van der Waals surface area contributed by atoms with Crippen LogP contribution in [0, 0.1) is 5.92 Å². The first-order valence-electron chi connectivity index (χ1n) is 9.37. The molecule has 4 rings (SSSR count). The second-order valence-corrected chi connectivity index (χ2v) is 9.01. The van der Waals surface area contributed by atoms with Crippen LogP contribution in [0.25, 0.3) is 0 Å². The van der Waals surface area contributed by atoms with Gasteiger partial charge >= 0.3 is 6.18 Å². The summed E-state index contributed by atoms with van der Waals surface area (Å²) in [5.41, 5.74) is 1.39. The number of hydrogen-bond donors (Lipinski definition) is 0. The lowest BCUT2D eigenvalue weighted by molar-refractivity contribution is -0.137. The summed E-state index contributed by atoms with van der Waals surface area (Å²) in [4.78, 5) is 14.3. The van der Waals surface area contributed by atoms with Crippen LogP contribution in [0.2, 0.25) is 0 Å². The molecule has 0 atom stereocenters. The van der Waals surface area contributed by atoms with Gasteiger partial charge in [0, 0.05) is 41.8 Å². The molecule has 2 heterocycles. The number of alkyl halides is 3. The van der Waals surface area contributed by atoms with Crippen molar-refractivity contribution in [2.75, 3.05) is 18.1 Å². The minimum atomic E-state index is -4.38. The Labute approximate surface area is 169 Å². The number of ether oxygens (including phenoxy) is 1. The Kier molecular flexibility index (Phi) is 5.38. The number of carbonyl (C=O) groups excluding carboxylic acids is 1. The van der Waals surface area contributed by atoms with Crippen LogP contribution >= 0.6 is 0 Å². The van der Waals surface area contributed by atoms with Crippen LogP contribution in [0.3, 0.4) is 0 Å². The molecule has 0 radical (unpaired) electrons. The van der Waals surface area contributed by atoms with Gasteiger partial charge in [-0.1, -0.05) is 6.07 Å². The van der Waals surface area contributed by atoms with E-state index in [1.165, 1.54) is 12.1 Å². The van der Waals surface area contributed by atoms with Crippen molar-refractivity contribution in [2.24, 2.45) is 5.92 Å². The number of rotatable bonds is 4. The predicted molar refractivity (Wildman–Crippen MR) is 103 cm³/mol. The molecule has 0 bridgehead atoms. The molecule has 1 saturated heterocycles. The molecule has 0 N–H and O–H groups in total. The molecular formula is C21H20F3NO3S. The second-order valence-electron chi connectivity index (χ2n) is 7.46. The van der Waals surface area contributed by atoms with Crippen LogP contribution < -0.4 is 4.74 Å². The van der Waals surface area contributed by atoms with Gasteiger partial charge in [-0.25, -0.2) is 0 Å². The normalized spacial score (nSPS) is 21.3. The van der Waals surface area contributed by atoms with Crippen LogP contribution in [-0.2, 0) is 34.7 Å². The fourth-order valence-corrected chi connectivity index (χ4v) is 4.82.